The van der Waals surface area contributed by atoms with Crippen molar-refractivity contribution < 1.29 is 0 Å². The van der Waals surface area contributed by atoms with Crippen LogP contribution in [0, 0.1) is 5.41 Å². The van der Waals surface area contributed by atoms with Gasteiger partial charge in [-0.25, -0.2) is 0 Å². The minimum Gasteiger partial charge on any atom is -0.320 e. The van der Waals surface area contributed by atoms with Gasteiger partial charge in [-0.1, -0.05) is 20.8 Å². The van der Waals surface area contributed by atoms with E-state index >= 15 is 0 Å². The van der Waals surface area contributed by atoms with Gasteiger partial charge in [-0.15, -0.1) is 0 Å². The Morgan fingerprint density at radius 1 is 1.38 bits per heavy atom. The van der Waals surface area contributed by atoms with Crippen LogP contribution in [0.15, 0.2) is 0 Å². The minimum absolute atomic E-state index is 0.581. The van der Waals surface area contributed by atoms with Crippen LogP contribution in [0.25, 0.3) is 0 Å². The Morgan fingerprint density at radius 2 is 2.00 bits per heavy atom. The first kappa shape index (κ1) is 12.9. The molecule has 0 aromatic carbocycles. The summed E-state index contributed by atoms with van der Waals surface area (Å²) in [5.74, 6) is 0. The van der Waals surface area contributed by atoms with Gasteiger partial charge in [0.05, 0.1) is 0 Å². The van der Waals surface area contributed by atoms with Gasteiger partial charge in [0.2, 0.25) is 0 Å². The van der Waals surface area contributed by atoms with E-state index in [2.05, 4.69) is 24.2 Å². The second-order valence-corrected chi connectivity index (χ2v) is 4.15. The Bertz CT molecular complexity index is 125. The van der Waals surface area contributed by atoms with Crippen LogP contribution in [0.2, 0.25) is 0 Å². The molecule has 0 spiro atoms. The lowest BCUT2D eigenvalue weighted by molar-refractivity contribution is 0.288. The van der Waals surface area contributed by atoms with Gasteiger partial charge in [0.25, 0.3) is 0 Å². The number of nitrogens with zero attached hydrogens (tertiary/aromatic N) is 1. The van der Waals surface area contributed by atoms with E-state index in [9.17, 15) is 0 Å². The molecule has 1 rings (SSSR count). The van der Waals surface area contributed by atoms with Gasteiger partial charge in [0.15, 0.2) is 0 Å². The van der Waals surface area contributed by atoms with Crippen molar-refractivity contribution in [3.05, 3.63) is 0 Å². The fourth-order valence-corrected chi connectivity index (χ4v) is 1.90. The minimum atomic E-state index is 0.581. The third-order valence-electron chi connectivity index (χ3n) is 2.73. The predicted molar refractivity (Wildman–Crippen MR) is 60.1 cm³/mol. The first-order chi connectivity index (χ1) is 6.16. The lowest BCUT2D eigenvalue weighted by Crippen LogP contribution is -2.25. The SMILES string of the molecule is CC.CNCCC1(C)CCN(C)C1. The second kappa shape index (κ2) is 6.39. The molecule has 0 aromatic heterocycles. The highest BCUT2D eigenvalue weighted by Gasteiger charge is 2.30. The zero-order valence-electron chi connectivity index (χ0n) is 9.98. The van der Waals surface area contributed by atoms with Gasteiger partial charge in [-0.2, -0.15) is 0 Å². The number of hydrogen-bond acceptors (Lipinski definition) is 2. The lowest BCUT2D eigenvalue weighted by atomic mass is 9.86. The zero-order chi connectivity index (χ0) is 10.3. The summed E-state index contributed by atoms with van der Waals surface area (Å²) in [7, 11) is 4.24. The molecule has 2 heteroatoms. The molecule has 1 fully saturated rings. The standard InChI is InChI=1S/C9H20N2.C2H6/c1-9(4-6-10-2)5-7-11(3)8-9;1-2/h10H,4-8H2,1-3H3;1-2H3. The normalized spacial score (nSPS) is 28.4. The summed E-state index contributed by atoms with van der Waals surface area (Å²) in [6.07, 6.45) is 2.68. The average Bonchev–Trinajstić information content (AvgIpc) is 2.47. The molecule has 0 bridgehead atoms. The van der Waals surface area contributed by atoms with E-state index in [1.807, 2.05) is 20.9 Å². The van der Waals surface area contributed by atoms with E-state index in [0.717, 1.165) is 6.54 Å². The predicted octanol–water partition coefficient (Wildman–Crippen LogP) is 1.96. The first-order valence-corrected chi connectivity index (χ1v) is 5.49. The molecule has 80 valence electrons. The number of likely N-dealkylation sites (tertiary alicyclic amines) is 1. The van der Waals surface area contributed by atoms with Crippen LogP contribution in [-0.2, 0) is 0 Å². The smallest absolute Gasteiger partial charge is 0.00332 e. The van der Waals surface area contributed by atoms with Crippen molar-refractivity contribution in [2.45, 2.75) is 33.6 Å². The fourth-order valence-electron chi connectivity index (χ4n) is 1.90. The maximum atomic E-state index is 3.22. The highest BCUT2D eigenvalue weighted by atomic mass is 15.1. The summed E-state index contributed by atoms with van der Waals surface area (Å²) in [6, 6.07) is 0. The van der Waals surface area contributed by atoms with E-state index in [1.165, 1.54) is 25.9 Å². The van der Waals surface area contributed by atoms with Crippen LogP contribution >= 0.6 is 0 Å². The molecule has 1 heterocycles. The lowest BCUT2D eigenvalue weighted by Gasteiger charge is -2.23. The molecule has 1 N–H and O–H groups in total. The maximum Gasteiger partial charge on any atom is 0.00332 e. The molecule has 0 aromatic rings. The monoisotopic (exact) mass is 186 g/mol. The van der Waals surface area contributed by atoms with Crippen molar-refractivity contribution in [3.8, 4) is 0 Å². The molecule has 2 nitrogen and oxygen atoms in total. The Morgan fingerprint density at radius 3 is 2.38 bits per heavy atom. The summed E-state index contributed by atoms with van der Waals surface area (Å²) in [5, 5.41) is 3.22. The summed E-state index contributed by atoms with van der Waals surface area (Å²) in [4.78, 5) is 2.43. The second-order valence-electron chi connectivity index (χ2n) is 4.15. The van der Waals surface area contributed by atoms with Crippen LogP contribution in [-0.4, -0.2) is 38.6 Å². The van der Waals surface area contributed by atoms with Crippen molar-refractivity contribution in [1.82, 2.24) is 10.2 Å². The van der Waals surface area contributed by atoms with Crippen LogP contribution in [0.1, 0.15) is 33.6 Å². The van der Waals surface area contributed by atoms with E-state index in [4.69, 9.17) is 0 Å². The first-order valence-electron chi connectivity index (χ1n) is 5.49. The Kier molecular flexibility index (Phi) is 6.35. The van der Waals surface area contributed by atoms with Crippen molar-refractivity contribution in [3.63, 3.8) is 0 Å². The molecule has 0 amide bonds. The largest absolute Gasteiger partial charge is 0.320 e. The third-order valence-corrected chi connectivity index (χ3v) is 2.73. The summed E-state index contributed by atoms with van der Waals surface area (Å²) in [5.41, 5.74) is 0.581. The fraction of sp³-hybridized carbons (Fsp3) is 1.00. The Hall–Kier alpha value is -0.0800. The van der Waals surface area contributed by atoms with Crippen molar-refractivity contribution >= 4 is 0 Å². The Balaban J connectivity index is 0.000000671. The molecule has 1 atom stereocenters. The zero-order valence-corrected chi connectivity index (χ0v) is 9.98. The molecular weight excluding hydrogens is 160 g/mol. The molecule has 0 radical (unpaired) electrons. The number of rotatable bonds is 3. The van der Waals surface area contributed by atoms with E-state index < -0.39 is 0 Å². The van der Waals surface area contributed by atoms with Crippen LogP contribution in [0.4, 0.5) is 0 Å². The van der Waals surface area contributed by atoms with Gasteiger partial charge in [0.1, 0.15) is 0 Å². The molecule has 1 aliphatic rings. The number of hydrogen-bond donors (Lipinski definition) is 1. The number of nitrogens with one attached hydrogen (secondary N) is 1. The topological polar surface area (TPSA) is 15.3 Å². The van der Waals surface area contributed by atoms with Crippen molar-refractivity contribution in [2.75, 3.05) is 33.7 Å². The molecule has 0 aliphatic carbocycles. The van der Waals surface area contributed by atoms with Crippen molar-refractivity contribution in [1.29, 1.82) is 0 Å². The summed E-state index contributed by atoms with van der Waals surface area (Å²) >= 11 is 0. The van der Waals surface area contributed by atoms with Gasteiger partial charge in [-0.3, -0.25) is 0 Å². The average molecular weight is 186 g/mol. The van der Waals surface area contributed by atoms with Crippen LogP contribution < -0.4 is 5.32 Å². The van der Waals surface area contributed by atoms with Crippen molar-refractivity contribution in [2.24, 2.45) is 5.41 Å². The molecule has 1 unspecified atom stereocenters. The molecule has 0 saturated carbocycles. The highest BCUT2D eigenvalue weighted by Crippen LogP contribution is 2.31. The quantitative estimate of drug-likeness (QED) is 0.725. The molecule has 13 heavy (non-hydrogen) atoms. The summed E-state index contributed by atoms with van der Waals surface area (Å²) < 4.78 is 0. The van der Waals surface area contributed by atoms with Crippen LogP contribution in [0.3, 0.4) is 0 Å². The van der Waals surface area contributed by atoms with E-state index in [1.54, 1.807) is 0 Å². The third kappa shape index (κ3) is 4.63. The highest BCUT2D eigenvalue weighted by molar-refractivity contribution is 4.84. The van der Waals surface area contributed by atoms with Gasteiger partial charge in [0, 0.05) is 6.54 Å². The van der Waals surface area contributed by atoms with Gasteiger partial charge in [-0.05, 0) is 45.4 Å². The van der Waals surface area contributed by atoms with Gasteiger partial charge >= 0.3 is 0 Å². The molecule has 1 aliphatic heterocycles. The van der Waals surface area contributed by atoms with Crippen LogP contribution in [0.5, 0.6) is 0 Å². The van der Waals surface area contributed by atoms with E-state index in [-0.39, 0.29) is 0 Å². The Labute approximate surface area is 83.7 Å². The van der Waals surface area contributed by atoms with Gasteiger partial charge < -0.3 is 10.2 Å². The van der Waals surface area contributed by atoms with E-state index in [0.29, 0.717) is 5.41 Å². The summed E-state index contributed by atoms with van der Waals surface area (Å²) in [6.45, 7) is 10.1. The molecule has 1 saturated heterocycles. The maximum absolute atomic E-state index is 3.22. The molecular formula is C11H26N2.